The highest BCUT2D eigenvalue weighted by Gasteiger charge is 2.22. The van der Waals surface area contributed by atoms with E-state index in [1.807, 2.05) is 35.0 Å². The third-order valence-corrected chi connectivity index (χ3v) is 4.70. The van der Waals surface area contributed by atoms with Crippen molar-refractivity contribution in [2.45, 2.75) is 13.2 Å². The van der Waals surface area contributed by atoms with Crippen molar-refractivity contribution in [2.24, 2.45) is 5.84 Å². The summed E-state index contributed by atoms with van der Waals surface area (Å²) in [6.07, 6.45) is 1.67. The first-order valence-corrected chi connectivity index (χ1v) is 8.96. The second-order valence-corrected chi connectivity index (χ2v) is 6.51. The highest BCUT2D eigenvalue weighted by Crippen LogP contribution is 2.35. The largest absolute Gasteiger partial charge is 0.485 e. The summed E-state index contributed by atoms with van der Waals surface area (Å²) in [5, 5.41) is 7.24. The molecule has 2 aromatic carbocycles. The number of para-hydroxylation sites is 1. The molecule has 8 nitrogen and oxygen atoms in total. The highest BCUT2D eigenvalue weighted by atomic mass is 16.5. The van der Waals surface area contributed by atoms with Crippen LogP contribution in [0.15, 0.2) is 66.9 Å². The molecule has 4 N–H and O–H groups in total. The fourth-order valence-electron chi connectivity index (χ4n) is 3.37. The molecular formula is C20H19N7O. The van der Waals surface area contributed by atoms with E-state index in [1.54, 1.807) is 12.3 Å². The monoisotopic (exact) mass is 373 g/mol. The molecule has 0 spiro atoms. The van der Waals surface area contributed by atoms with E-state index in [0.717, 1.165) is 16.6 Å². The molecule has 0 aliphatic carbocycles. The number of anilines is 2. The Balaban J connectivity index is 1.45. The molecule has 0 fully saturated rings. The number of hydrogen-bond acceptors (Lipinski definition) is 7. The molecular weight excluding hydrogens is 354 g/mol. The number of hydrazine groups is 3. The van der Waals surface area contributed by atoms with Crippen LogP contribution in [0.1, 0.15) is 11.3 Å². The second kappa shape index (κ2) is 6.84. The first-order valence-electron chi connectivity index (χ1n) is 8.96. The van der Waals surface area contributed by atoms with Crippen LogP contribution in [-0.4, -0.2) is 14.8 Å². The molecule has 3 heterocycles. The number of ether oxygens (including phenoxy) is 1. The van der Waals surface area contributed by atoms with Gasteiger partial charge in [0.2, 0.25) is 0 Å². The molecule has 0 atom stereocenters. The number of rotatable bonds is 5. The highest BCUT2D eigenvalue weighted by molar-refractivity contribution is 5.82. The van der Waals surface area contributed by atoms with Crippen LogP contribution in [0.25, 0.3) is 10.9 Å². The number of benzene rings is 2. The summed E-state index contributed by atoms with van der Waals surface area (Å²) in [5.74, 6) is 7.17. The molecule has 0 unspecified atom stereocenters. The van der Waals surface area contributed by atoms with Crippen molar-refractivity contribution in [3.8, 4) is 5.75 Å². The minimum atomic E-state index is 0.326. The van der Waals surface area contributed by atoms with E-state index in [4.69, 9.17) is 15.7 Å². The summed E-state index contributed by atoms with van der Waals surface area (Å²) >= 11 is 0. The number of pyridine rings is 1. The van der Waals surface area contributed by atoms with Crippen LogP contribution in [0, 0.1) is 0 Å². The van der Waals surface area contributed by atoms with Crippen molar-refractivity contribution in [3.05, 3.63) is 78.1 Å². The van der Waals surface area contributed by atoms with Gasteiger partial charge >= 0.3 is 0 Å². The molecule has 140 valence electrons. The minimum absolute atomic E-state index is 0.326. The summed E-state index contributed by atoms with van der Waals surface area (Å²) in [7, 11) is 0. The maximum absolute atomic E-state index is 6.06. The molecule has 4 aromatic rings. The standard InChI is InChI=1S/C20H19N7O/c21-27-19-18(10-11-22-20(19)23-25-27)28-13-16-15-8-4-5-9-17(15)26(24-16)12-14-6-2-1-3-7-14/h1-11,25H,12-13,21H2,(H,22,23). The van der Waals surface area contributed by atoms with Crippen molar-refractivity contribution in [1.29, 1.82) is 0 Å². The van der Waals surface area contributed by atoms with Crippen LogP contribution in [-0.2, 0) is 13.2 Å². The molecule has 0 amide bonds. The lowest BCUT2D eigenvalue weighted by molar-refractivity contribution is 0.301. The van der Waals surface area contributed by atoms with Crippen molar-refractivity contribution in [2.75, 3.05) is 10.5 Å². The lowest BCUT2D eigenvalue weighted by Gasteiger charge is -2.13. The average Bonchev–Trinajstić information content (AvgIpc) is 3.29. The van der Waals surface area contributed by atoms with Crippen molar-refractivity contribution >= 4 is 22.4 Å². The lowest BCUT2D eigenvalue weighted by Crippen LogP contribution is -2.41. The molecule has 5 rings (SSSR count). The molecule has 0 radical (unpaired) electrons. The van der Waals surface area contributed by atoms with Gasteiger partial charge in [0.15, 0.2) is 17.3 Å². The van der Waals surface area contributed by atoms with E-state index >= 15 is 0 Å². The van der Waals surface area contributed by atoms with Gasteiger partial charge in [-0.1, -0.05) is 48.5 Å². The zero-order valence-corrected chi connectivity index (χ0v) is 15.0. The Hall–Kier alpha value is -3.62. The van der Waals surface area contributed by atoms with Gasteiger partial charge < -0.3 is 4.74 Å². The van der Waals surface area contributed by atoms with Gasteiger partial charge in [-0.15, -0.1) is 5.53 Å². The van der Waals surface area contributed by atoms with E-state index in [0.29, 0.717) is 30.4 Å². The average molecular weight is 373 g/mol. The molecule has 2 aromatic heterocycles. The molecule has 0 bridgehead atoms. The van der Waals surface area contributed by atoms with Gasteiger partial charge in [0.25, 0.3) is 0 Å². The minimum Gasteiger partial charge on any atom is -0.485 e. The normalized spacial score (nSPS) is 12.8. The van der Waals surface area contributed by atoms with E-state index in [9.17, 15) is 0 Å². The van der Waals surface area contributed by atoms with Crippen LogP contribution in [0.5, 0.6) is 5.75 Å². The first kappa shape index (κ1) is 16.5. The molecule has 1 aliphatic heterocycles. The van der Waals surface area contributed by atoms with Crippen LogP contribution in [0.2, 0.25) is 0 Å². The SMILES string of the molecule is NN1NNc2nccc(OCc3nn(Cc4ccccc4)c4ccccc34)c21. The van der Waals surface area contributed by atoms with E-state index < -0.39 is 0 Å². The number of hydrogen-bond donors (Lipinski definition) is 3. The van der Waals surface area contributed by atoms with Gasteiger partial charge in [-0.3, -0.25) is 10.1 Å². The van der Waals surface area contributed by atoms with Crippen LogP contribution in [0.4, 0.5) is 11.5 Å². The van der Waals surface area contributed by atoms with E-state index in [1.165, 1.54) is 10.7 Å². The van der Waals surface area contributed by atoms with Gasteiger partial charge in [-0.05, 0) is 11.6 Å². The Morgan fingerprint density at radius 3 is 2.71 bits per heavy atom. The van der Waals surface area contributed by atoms with Gasteiger partial charge in [-0.25, -0.2) is 15.9 Å². The lowest BCUT2D eigenvalue weighted by atomic mass is 10.2. The number of nitrogens with zero attached hydrogens (tertiary/aromatic N) is 4. The molecule has 0 saturated carbocycles. The van der Waals surface area contributed by atoms with Gasteiger partial charge in [0.05, 0.1) is 12.1 Å². The molecule has 8 heteroatoms. The number of nitrogens with two attached hydrogens (primary N) is 1. The summed E-state index contributed by atoms with van der Waals surface area (Å²) in [6.45, 7) is 1.03. The van der Waals surface area contributed by atoms with Crippen LogP contribution < -0.4 is 26.7 Å². The Morgan fingerprint density at radius 2 is 1.82 bits per heavy atom. The molecule has 28 heavy (non-hydrogen) atoms. The third-order valence-electron chi connectivity index (χ3n) is 4.70. The second-order valence-electron chi connectivity index (χ2n) is 6.51. The van der Waals surface area contributed by atoms with Gasteiger partial charge in [0.1, 0.15) is 12.3 Å². The topological polar surface area (TPSA) is 93.3 Å². The predicted molar refractivity (Wildman–Crippen MR) is 107 cm³/mol. The Kier molecular flexibility index (Phi) is 4.04. The Labute approximate surface area is 161 Å². The third kappa shape index (κ3) is 2.90. The Bertz CT molecular complexity index is 1130. The maximum atomic E-state index is 6.06. The predicted octanol–water partition coefficient (Wildman–Crippen LogP) is 2.58. The molecule has 0 saturated heterocycles. The number of nitrogens with one attached hydrogen (secondary N) is 2. The fraction of sp³-hybridized carbons (Fsp3) is 0.100. The number of fused-ring (bicyclic) bond motifs is 2. The van der Waals surface area contributed by atoms with Crippen molar-refractivity contribution in [1.82, 2.24) is 20.3 Å². The number of aromatic nitrogens is 3. The maximum Gasteiger partial charge on any atom is 0.172 e. The van der Waals surface area contributed by atoms with Crippen LogP contribution in [0.3, 0.4) is 0 Å². The summed E-state index contributed by atoms with van der Waals surface area (Å²) in [4.78, 5) is 4.23. The fourth-order valence-corrected chi connectivity index (χ4v) is 3.37. The van der Waals surface area contributed by atoms with Crippen LogP contribution >= 0.6 is 0 Å². The summed E-state index contributed by atoms with van der Waals surface area (Å²) in [6, 6.07) is 20.3. The zero-order valence-electron chi connectivity index (χ0n) is 15.0. The van der Waals surface area contributed by atoms with Gasteiger partial charge in [0, 0.05) is 17.6 Å². The van der Waals surface area contributed by atoms with Crippen molar-refractivity contribution in [3.63, 3.8) is 0 Å². The van der Waals surface area contributed by atoms with Crippen molar-refractivity contribution < 1.29 is 4.74 Å². The first-order chi connectivity index (χ1) is 13.8. The van der Waals surface area contributed by atoms with E-state index in [2.05, 4.69) is 40.2 Å². The smallest absolute Gasteiger partial charge is 0.172 e. The Morgan fingerprint density at radius 1 is 1.00 bits per heavy atom. The quantitative estimate of drug-likeness (QED) is 0.463. The summed E-state index contributed by atoms with van der Waals surface area (Å²) in [5.41, 5.74) is 9.49. The van der Waals surface area contributed by atoms with E-state index in [-0.39, 0.29) is 0 Å². The molecule has 1 aliphatic rings. The van der Waals surface area contributed by atoms with Gasteiger partial charge in [-0.2, -0.15) is 5.10 Å². The zero-order chi connectivity index (χ0) is 18.9. The summed E-state index contributed by atoms with van der Waals surface area (Å²) < 4.78 is 8.07.